The lowest BCUT2D eigenvalue weighted by molar-refractivity contribution is 0.341. The maximum Gasteiger partial charge on any atom is 0.332 e. The molecule has 0 bridgehead atoms. The van der Waals surface area contributed by atoms with Gasteiger partial charge in [0, 0.05) is 13.6 Å². The normalized spacial score (nSPS) is 11.4. The summed E-state index contributed by atoms with van der Waals surface area (Å²) in [6, 6.07) is 7.48. The maximum absolute atomic E-state index is 12.5. The van der Waals surface area contributed by atoms with E-state index in [1.807, 2.05) is 45.0 Å². The Morgan fingerprint density at radius 1 is 1.24 bits per heavy atom. The highest BCUT2D eigenvalue weighted by atomic mass is 16.5. The molecule has 0 spiro atoms. The van der Waals surface area contributed by atoms with Gasteiger partial charge in [-0.15, -0.1) is 0 Å². The van der Waals surface area contributed by atoms with Gasteiger partial charge in [0.1, 0.15) is 17.1 Å². The van der Waals surface area contributed by atoms with Crippen LogP contribution < -0.4 is 16.0 Å². The minimum Gasteiger partial charge on any atom is -0.493 e. The van der Waals surface area contributed by atoms with Gasteiger partial charge in [0.25, 0.3) is 5.56 Å². The second kappa shape index (κ2) is 6.58. The van der Waals surface area contributed by atoms with Gasteiger partial charge >= 0.3 is 5.69 Å². The second-order valence-electron chi connectivity index (χ2n) is 6.36. The van der Waals surface area contributed by atoms with E-state index >= 15 is 0 Å². The first-order chi connectivity index (χ1) is 11.9. The Morgan fingerprint density at radius 2 is 1.96 bits per heavy atom. The Labute approximate surface area is 144 Å². The van der Waals surface area contributed by atoms with Crippen molar-refractivity contribution in [3.8, 4) is 17.1 Å². The lowest BCUT2D eigenvalue weighted by atomic mass is 10.2. The largest absolute Gasteiger partial charge is 0.493 e. The van der Waals surface area contributed by atoms with Crippen LogP contribution in [0.2, 0.25) is 0 Å². The lowest BCUT2D eigenvalue weighted by Crippen LogP contribution is -2.38. The van der Waals surface area contributed by atoms with E-state index in [0.29, 0.717) is 35.9 Å². The zero-order chi connectivity index (χ0) is 18.1. The highest BCUT2D eigenvalue weighted by molar-refractivity contribution is 5.77. The molecule has 1 aromatic carbocycles. The summed E-state index contributed by atoms with van der Waals surface area (Å²) in [6.45, 7) is 6.95. The van der Waals surface area contributed by atoms with Gasteiger partial charge in [-0.3, -0.25) is 13.9 Å². The molecule has 0 saturated heterocycles. The fourth-order valence-electron chi connectivity index (χ4n) is 2.84. The summed E-state index contributed by atoms with van der Waals surface area (Å²) < 4.78 is 8.31. The number of hydrogen-bond donors (Lipinski definition) is 1. The fourth-order valence-corrected chi connectivity index (χ4v) is 2.84. The standard InChI is InChI=1S/C18H22N4O3/c1-5-25-13-9-7-6-8-12(13)15-19-14-16(20-15)22(10-11(2)3)18(24)21(4)17(14)23/h6-9,11H,5,10H2,1-4H3,(H,19,20). The van der Waals surface area contributed by atoms with Crippen molar-refractivity contribution in [2.75, 3.05) is 6.61 Å². The van der Waals surface area contributed by atoms with E-state index in [9.17, 15) is 9.59 Å². The van der Waals surface area contributed by atoms with Crippen LogP contribution in [-0.4, -0.2) is 25.7 Å². The van der Waals surface area contributed by atoms with E-state index in [2.05, 4.69) is 9.97 Å². The molecule has 0 unspecified atom stereocenters. The maximum atomic E-state index is 12.5. The van der Waals surface area contributed by atoms with Crippen molar-refractivity contribution in [3.63, 3.8) is 0 Å². The molecule has 2 heterocycles. The second-order valence-corrected chi connectivity index (χ2v) is 6.36. The number of fused-ring (bicyclic) bond motifs is 1. The number of rotatable bonds is 5. The van der Waals surface area contributed by atoms with Crippen LogP contribution in [0.1, 0.15) is 20.8 Å². The van der Waals surface area contributed by atoms with Crippen molar-refractivity contribution in [1.29, 1.82) is 0 Å². The first-order valence-corrected chi connectivity index (χ1v) is 8.35. The first kappa shape index (κ1) is 17.0. The third kappa shape index (κ3) is 2.97. The number of aromatic nitrogens is 4. The third-order valence-corrected chi connectivity index (χ3v) is 3.97. The average Bonchev–Trinajstić information content (AvgIpc) is 3.02. The minimum absolute atomic E-state index is 0.245. The van der Waals surface area contributed by atoms with Crippen molar-refractivity contribution >= 4 is 11.2 Å². The molecule has 132 valence electrons. The molecule has 3 rings (SSSR count). The molecule has 0 atom stereocenters. The van der Waals surface area contributed by atoms with E-state index in [1.54, 1.807) is 4.57 Å². The van der Waals surface area contributed by atoms with Gasteiger partial charge in [-0.2, -0.15) is 0 Å². The topological polar surface area (TPSA) is 81.9 Å². The van der Waals surface area contributed by atoms with E-state index in [1.165, 1.54) is 7.05 Å². The summed E-state index contributed by atoms with van der Waals surface area (Å²) in [5.41, 5.74) is 0.716. The predicted molar refractivity (Wildman–Crippen MR) is 97.0 cm³/mol. The van der Waals surface area contributed by atoms with Crippen molar-refractivity contribution in [2.45, 2.75) is 27.3 Å². The van der Waals surface area contributed by atoms with Crippen LogP contribution in [0.25, 0.3) is 22.6 Å². The zero-order valence-corrected chi connectivity index (χ0v) is 14.9. The van der Waals surface area contributed by atoms with Gasteiger partial charge < -0.3 is 9.72 Å². The van der Waals surface area contributed by atoms with Crippen LogP contribution in [0.3, 0.4) is 0 Å². The molecule has 7 heteroatoms. The number of imidazole rings is 1. The highest BCUT2D eigenvalue weighted by Crippen LogP contribution is 2.28. The smallest absolute Gasteiger partial charge is 0.332 e. The molecule has 2 aromatic heterocycles. The van der Waals surface area contributed by atoms with Gasteiger partial charge in [0.05, 0.1) is 12.2 Å². The molecule has 0 aliphatic heterocycles. The Kier molecular flexibility index (Phi) is 4.48. The quantitative estimate of drug-likeness (QED) is 0.770. The lowest BCUT2D eigenvalue weighted by Gasteiger charge is -2.10. The van der Waals surface area contributed by atoms with Crippen molar-refractivity contribution in [3.05, 3.63) is 45.1 Å². The molecule has 0 aliphatic rings. The Bertz CT molecular complexity index is 1030. The van der Waals surface area contributed by atoms with Crippen molar-refractivity contribution < 1.29 is 4.74 Å². The minimum atomic E-state index is -0.382. The third-order valence-electron chi connectivity index (χ3n) is 3.97. The summed E-state index contributed by atoms with van der Waals surface area (Å²) in [5, 5.41) is 0. The molecule has 0 amide bonds. The van der Waals surface area contributed by atoms with Crippen LogP contribution in [0.4, 0.5) is 0 Å². The number of nitrogens with one attached hydrogen (secondary N) is 1. The molecular formula is C18H22N4O3. The number of H-pyrrole nitrogens is 1. The van der Waals surface area contributed by atoms with Crippen LogP contribution >= 0.6 is 0 Å². The van der Waals surface area contributed by atoms with E-state index in [0.717, 1.165) is 10.1 Å². The fraction of sp³-hybridized carbons (Fsp3) is 0.389. The number of benzene rings is 1. The predicted octanol–water partition coefficient (Wildman–Crippen LogP) is 2.14. The molecule has 25 heavy (non-hydrogen) atoms. The van der Waals surface area contributed by atoms with Crippen LogP contribution in [0.5, 0.6) is 5.75 Å². The summed E-state index contributed by atoms with van der Waals surface area (Å²) in [7, 11) is 1.48. The average molecular weight is 342 g/mol. The van der Waals surface area contributed by atoms with Gasteiger partial charge in [0.2, 0.25) is 0 Å². The molecular weight excluding hydrogens is 320 g/mol. The monoisotopic (exact) mass is 342 g/mol. The van der Waals surface area contributed by atoms with Crippen LogP contribution in [0, 0.1) is 5.92 Å². The Hall–Kier alpha value is -2.83. The number of ether oxygens (including phenoxy) is 1. The number of nitrogens with zero attached hydrogens (tertiary/aromatic N) is 3. The molecule has 0 fully saturated rings. The highest BCUT2D eigenvalue weighted by Gasteiger charge is 2.18. The molecule has 7 nitrogen and oxygen atoms in total. The molecule has 0 saturated carbocycles. The van der Waals surface area contributed by atoms with E-state index < -0.39 is 0 Å². The van der Waals surface area contributed by atoms with E-state index in [-0.39, 0.29) is 17.2 Å². The summed E-state index contributed by atoms with van der Waals surface area (Å²) in [6.07, 6.45) is 0. The number of para-hydroxylation sites is 1. The van der Waals surface area contributed by atoms with Gasteiger partial charge in [-0.1, -0.05) is 26.0 Å². The van der Waals surface area contributed by atoms with Gasteiger partial charge in [-0.05, 0) is 25.0 Å². The van der Waals surface area contributed by atoms with Gasteiger partial charge in [-0.25, -0.2) is 9.78 Å². The molecule has 1 N–H and O–H groups in total. The number of aromatic amines is 1. The SMILES string of the molecule is CCOc1ccccc1-c1nc2c([nH]1)c(=O)n(C)c(=O)n2CC(C)C. The van der Waals surface area contributed by atoms with Gasteiger partial charge in [0.15, 0.2) is 5.65 Å². The summed E-state index contributed by atoms with van der Waals surface area (Å²) >= 11 is 0. The first-order valence-electron chi connectivity index (χ1n) is 8.35. The summed E-state index contributed by atoms with van der Waals surface area (Å²) in [4.78, 5) is 32.6. The molecule has 0 aliphatic carbocycles. The molecule has 0 radical (unpaired) electrons. The van der Waals surface area contributed by atoms with Crippen molar-refractivity contribution in [1.82, 2.24) is 19.1 Å². The van der Waals surface area contributed by atoms with Crippen LogP contribution in [0.15, 0.2) is 33.9 Å². The van der Waals surface area contributed by atoms with E-state index in [4.69, 9.17) is 4.74 Å². The number of hydrogen-bond acceptors (Lipinski definition) is 4. The zero-order valence-electron chi connectivity index (χ0n) is 14.9. The molecule has 3 aromatic rings. The van der Waals surface area contributed by atoms with Crippen LogP contribution in [-0.2, 0) is 13.6 Å². The summed E-state index contributed by atoms with van der Waals surface area (Å²) in [5.74, 6) is 1.44. The van der Waals surface area contributed by atoms with Crippen molar-refractivity contribution in [2.24, 2.45) is 13.0 Å². The Balaban J connectivity index is 2.29. The Morgan fingerprint density at radius 3 is 2.64 bits per heavy atom.